The largest absolute Gasteiger partial charge is 0.493 e. The number of nitrogens with one attached hydrogen (secondary N) is 1. The van der Waals surface area contributed by atoms with E-state index in [0.717, 1.165) is 11.1 Å². The predicted octanol–water partition coefficient (Wildman–Crippen LogP) is 8.36. The van der Waals surface area contributed by atoms with Crippen LogP contribution in [0.4, 0.5) is 5.69 Å². The average molecular weight is 594 g/mol. The fraction of sp³-hybridized carbons (Fsp3) is 0.0968. The van der Waals surface area contributed by atoms with Crippen molar-refractivity contribution in [3.8, 4) is 23.3 Å². The van der Waals surface area contributed by atoms with E-state index in [9.17, 15) is 10.1 Å². The molecular weight excluding hydrogens is 571 g/mol. The summed E-state index contributed by atoms with van der Waals surface area (Å²) in [6, 6.07) is 26.5. The number of nitriles is 1. The fourth-order valence-electron chi connectivity index (χ4n) is 3.61. The molecule has 6 nitrogen and oxygen atoms in total. The van der Waals surface area contributed by atoms with Crippen molar-refractivity contribution in [3.63, 3.8) is 0 Å². The van der Waals surface area contributed by atoms with Crippen molar-refractivity contribution in [2.24, 2.45) is 0 Å². The van der Waals surface area contributed by atoms with Crippen molar-refractivity contribution < 1.29 is 19.0 Å². The van der Waals surface area contributed by atoms with Crippen LogP contribution in [-0.2, 0) is 18.0 Å². The van der Waals surface area contributed by atoms with E-state index in [4.69, 9.17) is 49.0 Å². The van der Waals surface area contributed by atoms with Crippen LogP contribution in [0.5, 0.6) is 17.2 Å². The highest BCUT2D eigenvalue weighted by atomic mass is 35.5. The van der Waals surface area contributed by atoms with Crippen molar-refractivity contribution in [2.75, 3.05) is 12.4 Å². The van der Waals surface area contributed by atoms with Gasteiger partial charge in [-0.25, -0.2) is 0 Å². The fourth-order valence-corrected chi connectivity index (χ4v) is 4.27. The monoisotopic (exact) mass is 592 g/mol. The summed E-state index contributed by atoms with van der Waals surface area (Å²) in [6.45, 7) is 0.520. The smallest absolute Gasteiger partial charge is 0.266 e. The average Bonchev–Trinajstić information content (AvgIpc) is 2.96. The summed E-state index contributed by atoms with van der Waals surface area (Å²) in [6.07, 6.45) is 1.47. The van der Waals surface area contributed by atoms with Crippen LogP contribution >= 0.6 is 34.8 Å². The number of benzene rings is 4. The zero-order valence-electron chi connectivity index (χ0n) is 21.3. The maximum absolute atomic E-state index is 12.8. The van der Waals surface area contributed by atoms with Crippen molar-refractivity contribution in [1.82, 2.24) is 0 Å². The van der Waals surface area contributed by atoms with E-state index in [-0.39, 0.29) is 12.2 Å². The predicted molar refractivity (Wildman–Crippen MR) is 158 cm³/mol. The highest BCUT2D eigenvalue weighted by molar-refractivity contribution is 6.35. The minimum Gasteiger partial charge on any atom is -0.493 e. The van der Waals surface area contributed by atoms with Crippen molar-refractivity contribution in [1.29, 1.82) is 5.26 Å². The number of amides is 1. The lowest BCUT2D eigenvalue weighted by atomic mass is 10.1. The second-order valence-electron chi connectivity index (χ2n) is 8.46. The third-order valence-corrected chi connectivity index (χ3v) is 6.68. The molecule has 202 valence electrons. The first kappa shape index (κ1) is 28.8. The van der Waals surface area contributed by atoms with Gasteiger partial charge in [-0.15, -0.1) is 0 Å². The van der Waals surface area contributed by atoms with Gasteiger partial charge < -0.3 is 19.5 Å². The summed E-state index contributed by atoms with van der Waals surface area (Å²) in [5.74, 6) is 0.972. The van der Waals surface area contributed by atoms with Crippen LogP contribution in [-0.4, -0.2) is 13.0 Å². The molecular formula is C31H23Cl3N2O4. The molecule has 0 spiro atoms. The molecule has 0 aromatic heterocycles. The normalized spacial score (nSPS) is 10.9. The molecule has 0 atom stereocenters. The van der Waals surface area contributed by atoms with Gasteiger partial charge in [0.15, 0.2) is 11.5 Å². The first-order chi connectivity index (χ1) is 19.4. The van der Waals surface area contributed by atoms with Crippen LogP contribution in [0.3, 0.4) is 0 Å². The van der Waals surface area contributed by atoms with Crippen molar-refractivity contribution in [2.45, 2.75) is 13.2 Å². The van der Waals surface area contributed by atoms with Crippen LogP contribution in [0.1, 0.15) is 16.7 Å². The van der Waals surface area contributed by atoms with Gasteiger partial charge in [0.05, 0.1) is 7.11 Å². The zero-order chi connectivity index (χ0) is 28.5. The lowest BCUT2D eigenvalue weighted by Crippen LogP contribution is -2.13. The Kier molecular flexibility index (Phi) is 9.93. The Morgan fingerprint density at radius 2 is 1.57 bits per heavy atom. The molecule has 0 aliphatic rings. The van der Waals surface area contributed by atoms with Crippen LogP contribution in [0, 0.1) is 11.3 Å². The molecule has 0 aliphatic carbocycles. The van der Waals surface area contributed by atoms with E-state index in [1.165, 1.54) is 13.2 Å². The quantitative estimate of drug-likeness (QED) is 0.148. The molecule has 0 aliphatic heterocycles. The van der Waals surface area contributed by atoms with E-state index in [1.54, 1.807) is 66.7 Å². The summed E-state index contributed by atoms with van der Waals surface area (Å²) in [5, 5.41) is 14.0. The number of nitrogens with zero attached hydrogens (tertiary/aromatic N) is 1. The molecule has 9 heteroatoms. The molecule has 0 fully saturated rings. The van der Waals surface area contributed by atoms with Gasteiger partial charge in [-0.3, -0.25) is 4.79 Å². The third-order valence-electron chi connectivity index (χ3n) is 5.73. The molecule has 40 heavy (non-hydrogen) atoms. The molecule has 1 N–H and O–H groups in total. The first-order valence-electron chi connectivity index (χ1n) is 12.0. The van der Waals surface area contributed by atoms with Crippen LogP contribution in [0.2, 0.25) is 15.1 Å². The van der Waals surface area contributed by atoms with Crippen molar-refractivity contribution >= 4 is 52.5 Å². The number of hydrogen-bond donors (Lipinski definition) is 1. The minimum atomic E-state index is -0.552. The van der Waals surface area contributed by atoms with Gasteiger partial charge >= 0.3 is 0 Å². The number of carbonyl (C=O) groups excluding carboxylic acids is 1. The number of methoxy groups -OCH3 is 1. The van der Waals surface area contributed by atoms with Crippen LogP contribution < -0.4 is 19.5 Å². The van der Waals surface area contributed by atoms with Gasteiger partial charge in [-0.05, 0) is 66.2 Å². The van der Waals surface area contributed by atoms with Crippen LogP contribution in [0.25, 0.3) is 6.08 Å². The SMILES string of the molecule is COc1cc(/C=C(\C#N)C(=O)Nc2ccc(OCc3ccccc3Cl)cc2)ccc1OCc1ccc(Cl)cc1Cl. The third kappa shape index (κ3) is 7.71. The van der Waals surface area contributed by atoms with Gasteiger partial charge in [0, 0.05) is 31.9 Å². The topological polar surface area (TPSA) is 80.6 Å². The Hall–Kier alpha value is -4.15. The van der Waals surface area contributed by atoms with E-state index in [0.29, 0.717) is 50.2 Å². The standard InChI is InChI=1S/C31H23Cl3N2O4/c1-38-30-15-20(6-13-29(30)40-19-22-7-8-24(32)16-28(22)34)14-23(17-35)31(37)36-25-9-11-26(12-10-25)39-18-21-4-2-3-5-27(21)33/h2-16H,18-19H2,1H3,(H,36,37)/b23-14+. The summed E-state index contributed by atoms with van der Waals surface area (Å²) in [4.78, 5) is 12.8. The summed E-state index contributed by atoms with van der Waals surface area (Å²) >= 11 is 18.3. The lowest BCUT2D eigenvalue weighted by Gasteiger charge is -2.12. The van der Waals surface area contributed by atoms with Gasteiger partial charge in [-0.1, -0.05) is 65.1 Å². The van der Waals surface area contributed by atoms with Crippen LogP contribution in [0.15, 0.2) is 90.5 Å². The van der Waals surface area contributed by atoms with Gasteiger partial charge in [-0.2, -0.15) is 5.26 Å². The molecule has 0 saturated heterocycles. The lowest BCUT2D eigenvalue weighted by molar-refractivity contribution is -0.112. The van der Waals surface area contributed by atoms with E-state index < -0.39 is 5.91 Å². The molecule has 1 amide bonds. The number of anilines is 1. The molecule has 0 bridgehead atoms. The van der Waals surface area contributed by atoms with E-state index in [2.05, 4.69) is 5.32 Å². The van der Waals surface area contributed by atoms with Gasteiger partial charge in [0.1, 0.15) is 30.6 Å². The van der Waals surface area contributed by atoms with E-state index >= 15 is 0 Å². The molecule has 4 aromatic carbocycles. The summed E-state index contributed by atoms with van der Waals surface area (Å²) in [7, 11) is 1.50. The Labute approximate surface area is 247 Å². The second kappa shape index (κ2) is 13.8. The molecule has 4 aromatic rings. The number of ether oxygens (including phenoxy) is 3. The highest BCUT2D eigenvalue weighted by Gasteiger charge is 2.12. The maximum atomic E-state index is 12.8. The molecule has 0 radical (unpaired) electrons. The number of rotatable bonds is 10. The molecule has 0 heterocycles. The first-order valence-corrected chi connectivity index (χ1v) is 13.1. The number of hydrogen-bond acceptors (Lipinski definition) is 5. The van der Waals surface area contributed by atoms with Gasteiger partial charge in [0.25, 0.3) is 5.91 Å². The van der Waals surface area contributed by atoms with Crippen molar-refractivity contribution in [3.05, 3.63) is 122 Å². The molecule has 0 saturated carbocycles. The van der Waals surface area contributed by atoms with E-state index in [1.807, 2.05) is 24.3 Å². The Morgan fingerprint density at radius 1 is 0.850 bits per heavy atom. The molecule has 4 rings (SSSR count). The number of carbonyl (C=O) groups is 1. The zero-order valence-corrected chi connectivity index (χ0v) is 23.6. The summed E-state index contributed by atoms with van der Waals surface area (Å²) < 4.78 is 17.1. The summed E-state index contributed by atoms with van der Waals surface area (Å²) in [5.41, 5.74) is 2.65. The Morgan fingerprint density at radius 3 is 2.27 bits per heavy atom. The maximum Gasteiger partial charge on any atom is 0.266 e. The Balaban J connectivity index is 1.39. The highest BCUT2D eigenvalue weighted by Crippen LogP contribution is 2.31. The molecule has 0 unspecified atom stereocenters. The minimum absolute atomic E-state index is 0.0808. The van der Waals surface area contributed by atoms with Gasteiger partial charge in [0.2, 0.25) is 0 Å². The Bertz CT molecular complexity index is 1580. The second-order valence-corrected chi connectivity index (χ2v) is 9.71. The number of halogens is 3.